The molecule has 3 heterocycles. The highest BCUT2D eigenvalue weighted by Gasteiger charge is 2.47. The molecule has 4 aliphatic rings. The number of alkyl halides is 6. The summed E-state index contributed by atoms with van der Waals surface area (Å²) in [5, 5.41) is 9.70. The van der Waals surface area contributed by atoms with Crippen molar-refractivity contribution in [2.75, 3.05) is 26.3 Å². The van der Waals surface area contributed by atoms with Gasteiger partial charge in [0.15, 0.2) is 0 Å². The van der Waals surface area contributed by atoms with E-state index in [2.05, 4.69) is 0 Å². The summed E-state index contributed by atoms with van der Waals surface area (Å²) in [6.07, 6.45) is -6.06. The van der Waals surface area contributed by atoms with E-state index in [1.807, 2.05) is 23.1 Å². The molecule has 0 spiro atoms. The van der Waals surface area contributed by atoms with Gasteiger partial charge < -0.3 is 14.6 Å². The van der Waals surface area contributed by atoms with E-state index in [0.29, 0.717) is 50.4 Å². The van der Waals surface area contributed by atoms with Crippen LogP contribution in [0.25, 0.3) is 0 Å². The van der Waals surface area contributed by atoms with E-state index in [4.69, 9.17) is 9.47 Å². The van der Waals surface area contributed by atoms with Gasteiger partial charge in [-0.25, -0.2) is 0 Å². The molecule has 1 saturated carbocycles. The normalized spacial score (nSPS) is 27.6. The second-order valence-electron chi connectivity index (χ2n) is 12.7. The highest BCUT2D eigenvalue weighted by Crippen LogP contribution is 2.49. The lowest BCUT2D eigenvalue weighted by molar-refractivity contribution is -0.142. The Balaban J connectivity index is 1.20. The van der Waals surface area contributed by atoms with Gasteiger partial charge in [0.25, 0.3) is 0 Å². The summed E-state index contributed by atoms with van der Waals surface area (Å²) in [7, 11) is 0. The van der Waals surface area contributed by atoms with E-state index in [-0.39, 0.29) is 41.9 Å². The van der Waals surface area contributed by atoms with Crippen LogP contribution in [0.3, 0.4) is 0 Å². The van der Waals surface area contributed by atoms with E-state index >= 15 is 0 Å². The molecule has 1 N–H and O–H groups in total. The van der Waals surface area contributed by atoms with Gasteiger partial charge in [0, 0.05) is 37.4 Å². The van der Waals surface area contributed by atoms with E-state index < -0.39 is 35.4 Å². The number of hydrogen-bond acceptors (Lipinski definition) is 4. The minimum absolute atomic E-state index is 0.0476. The largest absolute Gasteiger partial charge is 0.490 e. The number of aliphatic carboxylic acids is 1. The van der Waals surface area contributed by atoms with Gasteiger partial charge in [0.1, 0.15) is 11.9 Å². The van der Waals surface area contributed by atoms with Crippen molar-refractivity contribution in [3.63, 3.8) is 0 Å². The summed E-state index contributed by atoms with van der Waals surface area (Å²) in [4.78, 5) is 13.6. The van der Waals surface area contributed by atoms with Crippen LogP contribution in [0, 0.1) is 29.6 Å². The van der Waals surface area contributed by atoms with Crippen LogP contribution >= 0.6 is 0 Å². The molecule has 2 aromatic carbocycles. The van der Waals surface area contributed by atoms with E-state index in [9.17, 15) is 36.2 Å². The topological polar surface area (TPSA) is 59.0 Å². The highest BCUT2D eigenvalue weighted by molar-refractivity contribution is 5.71. The van der Waals surface area contributed by atoms with Gasteiger partial charge in [0.2, 0.25) is 0 Å². The van der Waals surface area contributed by atoms with Gasteiger partial charge in [-0.15, -0.1) is 0 Å². The van der Waals surface area contributed by atoms with Crippen molar-refractivity contribution in [2.45, 2.75) is 63.5 Å². The van der Waals surface area contributed by atoms with Gasteiger partial charge in [-0.2, -0.15) is 26.3 Å². The van der Waals surface area contributed by atoms with Crippen molar-refractivity contribution in [1.82, 2.24) is 4.90 Å². The molecular formula is C32H35F6NO4. The van der Waals surface area contributed by atoms with Gasteiger partial charge in [-0.3, -0.25) is 9.69 Å². The Bertz CT molecular complexity index is 1340. The molecule has 3 aliphatic heterocycles. The smallest absolute Gasteiger partial charge is 0.416 e. The number of carbonyl (C=O) groups is 1. The molecule has 0 amide bonds. The summed E-state index contributed by atoms with van der Waals surface area (Å²) in [6.45, 7) is 3.10. The van der Waals surface area contributed by atoms with Gasteiger partial charge >= 0.3 is 18.3 Å². The monoisotopic (exact) mass is 611 g/mol. The molecule has 3 fully saturated rings. The first kappa shape index (κ1) is 30.2. The molecule has 11 heteroatoms. The standard InChI is InChI=1S/C32H35F6NO4/c1-17(30(40)41)28(19-3-4-19)20-5-2-18-6-9-26(43-27(18)11-20)29-22-13-39(14-23(29)16-42-15-22)12-21-10-24(31(33,34)35)7-8-25(21)32(36,37)38/h2,5,7-8,10-11,17,19,22-23,26,28-29H,3-4,6,9,12-16H2,1H3,(H,40,41)/t17?,22-,23+,26?,28?,29?. The van der Waals surface area contributed by atoms with Crippen molar-refractivity contribution in [2.24, 2.45) is 29.6 Å². The van der Waals surface area contributed by atoms with Gasteiger partial charge in [-0.05, 0) is 78.5 Å². The number of carboxylic acid groups (broad SMARTS) is 1. The molecule has 2 saturated heterocycles. The summed E-state index contributed by atoms with van der Waals surface area (Å²) >= 11 is 0. The SMILES string of the molecule is CC(C(=O)O)C(c1ccc2c(c1)OC(C1[C@@H]3COC[C@H]1CN(Cc1cc(C(F)(F)F)ccc1C(F)(F)F)C3)CC2)C1CC1. The van der Waals surface area contributed by atoms with Crippen molar-refractivity contribution < 1.29 is 45.7 Å². The Morgan fingerprint density at radius 2 is 1.67 bits per heavy atom. The Hall–Kier alpha value is -2.79. The third kappa shape index (κ3) is 6.25. The maximum Gasteiger partial charge on any atom is 0.416 e. The quantitative estimate of drug-likeness (QED) is 0.341. The number of nitrogens with zero attached hydrogens (tertiary/aromatic N) is 1. The molecule has 234 valence electrons. The zero-order valence-corrected chi connectivity index (χ0v) is 23.8. The summed E-state index contributed by atoms with van der Waals surface area (Å²) in [6, 6.07) is 7.69. The first-order chi connectivity index (χ1) is 20.3. The number of carboxylic acids is 1. The number of fused-ring (bicyclic) bond motifs is 3. The van der Waals surface area contributed by atoms with Crippen LogP contribution in [-0.2, 0) is 34.8 Å². The number of piperidine rings is 1. The lowest BCUT2D eigenvalue weighted by Gasteiger charge is -2.50. The summed E-state index contributed by atoms with van der Waals surface area (Å²) in [5.41, 5.74) is -0.480. The number of likely N-dealkylation sites (tertiary alicyclic amines) is 1. The molecule has 5 nitrogen and oxygen atoms in total. The van der Waals surface area contributed by atoms with E-state index in [1.165, 1.54) is 0 Å². The molecule has 43 heavy (non-hydrogen) atoms. The van der Waals surface area contributed by atoms with E-state index in [1.54, 1.807) is 6.92 Å². The fourth-order valence-electron chi connectivity index (χ4n) is 7.68. The van der Waals surface area contributed by atoms with Crippen LogP contribution in [0.15, 0.2) is 36.4 Å². The molecule has 0 radical (unpaired) electrons. The number of halogens is 6. The van der Waals surface area contributed by atoms with Crippen LogP contribution < -0.4 is 4.74 Å². The maximum absolute atomic E-state index is 13.7. The lowest BCUT2D eigenvalue weighted by atomic mass is 9.71. The molecule has 6 atom stereocenters. The Kier molecular flexibility index (Phi) is 7.94. The second-order valence-corrected chi connectivity index (χ2v) is 12.7. The van der Waals surface area contributed by atoms with Crippen LogP contribution in [-0.4, -0.2) is 48.4 Å². The average Bonchev–Trinajstić information content (AvgIpc) is 3.76. The van der Waals surface area contributed by atoms with Crippen LogP contribution in [0.1, 0.15) is 59.9 Å². The van der Waals surface area contributed by atoms with Crippen molar-refractivity contribution in [1.29, 1.82) is 0 Å². The highest BCUT2D eigenvalue weighted by atomic mass is 19.4. The summed E-state index contributed by atoms with van der Waals surface area (Å²) in [5.74, 6) is -0.317. The molecule has 0 aromatic heterocycles. The predicted molar refractivity (Wildman–Crippen MR) is 144 cm³/mol. The third-order valence-corrected chi connectivity index (χ3v) is 9.81. The van der Waals surface area contributed by atoms with Gasteiger partial charge in [-0.1, -0.05) is 19.1 Å². The van der Waals surface area contributed by atoms with Crippen molar-refractivity contribution in [3.05, 3.63) is 64.2 Å². The number of benzene rings is 2. The molecule has 6 rings (SSSR count). The average molecular weight is 612 g/mol. The van der Waals surface area contributed by atoms with Crippen LogP contribution in [0.4, 0.5) is 26.3 Å². The van der Waals surface area contributed by atoms with Crippen molar-refractivity contribution >= 4 is 5.97 Å². The molecule has 4 unspecified atom stereocenters. The minimum atomic E-state index is -4.76. The minimum Gasteiger partial charge on any atom is -0.490 e. The van der Waals surface area contributed by atoms with Crippen molar-refractivity contribution in [3.8, 4) is 5.75 Å². The summed E-state index contributed by atoms with van der Waals surface area (Å²) < 4.78 is 93.7. The number of hydrogen-bond donors (Lipinski definition) is 1. The molecule has 2 aromatic rings. The maximum atomic E-state index is 13.7. The number of ether oxygens (including phenoxy) is 2. The first-order valence-corrected chi connectivity index (χ1v) is 14.9. The van der Waals surface area contributed by atoms with Crippen LogP contribution in [0.2, 0.25) is 0 Å². The fraction of sp³-hybridized carbons (Fsp3) is 0.594. The van der Waals surface area contributed by atoms with Gasteiger partial charge in [0.05, 0.1) is 30.3 Å². The zero-order valence-electron chi connectivity index (χ0n) is 23.8. The Morgan fingerprint density at radius 1 is 0.977 bits per heavy atom. The zero-order chi connectivity index (χ0) is 30.7. The number of rotatable bonds is 7. The molecule has 1 aliphatic carbocycles. The number of aryl methyl sites for hydroxylation is 1. The molecule has 2 bridgehead atoms. The lowest BCUT2D eigenvalue weighted by Crippen LogP contribution is -2.57. The first-order valence-electron chi connectivity index (χ1n) is 14.9. The fourth-order valence-corrected chi connectivity index (χ4v) is 7.68. The Labute approximate surface area is 246 Å². The Morgan fingerprint density at radius 3 is 2.28 bits per heavy atom. The van der Waals surface area contributed by atoms with E-state index in [0.717, 1.165) is 42.6 Å². The molecular weight excluding hydrogens is 576 g/mol. The van der Waals surface area contributed by atoms with Crippen LogP contribution in [0.5, 0.6) is 5.75 Å². The third-order valence-electron chi connectivity index (χ3n) is 9.81. The predicted octanol–water partition coefficient (Wildman–Crippen LogP) is 7.03. The second kappa shape index (κ2) is 11.3.